The summed E-state index contributed by atoms with van der Waals surface area (Å²) < 4.78 is 0.781. The lowest BCUT2D eigenvalue weighted by Crippen LogP contribution is -2.15. The second-order valence-corrected chi connectivity index (χ2v) is 5.11. The quantitative estimate of drug-likeness (QED) is 0.836. The number of aromatic nitrogens is 1. The fraction of sp³-hybridized carbons (Fsp3) is 0.200. The maximum absolute atomic E-state index is 12.3. The molecular weight excluding hydrogens is 318 g/mol. The number of nitrogens with one attached hydrogen (secondary N) is 2. The lowest BCUT2D eigenvalue weighted by atomic mass is 10.1. The molecule has 0 saturated carbocycles. The number of nitrogens with zero attached hydrogens (tertiary/aromatic N) is 1. The normalized spacial score (nSPS) is 10.2. The molecule has 1 amide bonds. The smallest absolute Gasteiger partial charge is 0.257 e. The number of hydrogen-bond acceptors (Lipinski definition) is 3. The lowest BCUT2D eigenvalue weighted by molar-refractivity contribution is 0.102. The monoisotopic (exact) mass is 333 g/mol. The molecule has 2 N–H and O–H groups in total. The summed E-state index contributed by atoms with van der Waals surface area (Å²) in [6.07, 6.45) is 1.63. The third kappa shape index (κ3) is 3.36. The predicted molar refractivity (Wildman–Crippen MR) is 85.2 cm³/mol. The van der Waals surface area contributed by atoms with Crippen molar-refractivity contribution < 1.29 is 4.79 Å². The van der Waals surface area contributed by atoms with Crippen LogP contribution in [-0.4, -0.2) is 17.4 Å². The standard InChI is InChI=1S/C15H16BrN3O/c1-3-17-13-7-5-4-6-12(13)15(20)19-11-8-10(2)14(16)18-9-11/h4-9,17H,3H2,1-2H3,(H,19,20). The largest absolute Gasteiger partial charge is 0.385 e. The molecular formula is C15H16BrN3O. The van der Waals surface area contributed by atoms with Gasteiger partial charge in [-0.25, -0.2) is 4.98 Å². The fourth-order valence-corrected chi connectivity index (χ4v) is 2.07. The molecule has 20 heavy (non-hydrogen) atoms. The van der Waals surface area contributed by atoms with Crippen molar-refractivity contribution in [1.29, 1.82) is 0 Å². The molecule has 0 aliphatic rings. The highest BCUT2D eigenvalue weighted by molar-refractivity contribution is 9.10. The minimum absolute atomic E-state index is 0.148. The Morgan fingerprint density at radius 3 is 2.80 bits per heavy atom. The van der Waals surface area contributed by atoms with Gasteiger partial charge in [-0.1, -0.05) is 12.1 Å². The maximum atomic E-state index is 12.3. The second-order valence-electron chi connectivity index (χ2n) is 4.36. The molecule has 0 fully saturated rings. The molecule has 1 aromatic heterocycles. The highest BCUT2D eigenvalue weighted by Gasteiger charge is 2.11. The Balaban J connectivity index is 2.21. The van der Waals surface area contributed by atoms with E-state index >= 15 is 0 Å². The minimum atomic E-state index is -0.148. The average molecular weight is 334 g/mol. The molecule has 0 spiro atoms. The van der Waals surface area contributed by atoms with Gasteiger partial charge in [0.25, 0.3) is 5.91 Å². The number of halogens is 1. The summed E-state index contributed by atoms with van der Waals surface area (Å²) in [4.78, 5) is 16.5. The lowest BCUT2D eigenvalue weighted by Gasteiger charge is -2.11. The Kier molecular flexibility index (Phi) is 4.74. The van der Waals surface area contributed by atoms with Crippen molar-refractivity contribution >= 4 is 33.2 Å². The third-order valence-electron chi connectivity index (χ3n) is 2.81. The zero-order valence-corrected chi connectivity index (χ0v) is 13.0. The zero-order chi connectivity index (χ0) is 14.5. The van der Waals surface area contributed by atoms with Gasteiger partial charge >= 0.3 is 0 Å². The molecule has 0 saturated heterocycles. The Labute approximate surface area is 126 Å². The van der Waals surface area contributed by atoms with Crippen LogP contribution in [0.4, 0.5) is 11.4 Å². The summed E-state index contributed by atoms with van der Waals surface area (Å²) in [5, 5.41) is 6.04. The zero-order valence-electron chi connectivity index (χ0n) is 11.4. The van der Waals surface area contributed by atoms with E-state index in [0.29, 0.717) is 11.3 Å². The molecule has 0 aliphatic carbocycles. The van der Waals surface area contributed by atoms with Crippen LogP contribution < -0.4 is 10.6 Å². The van der Waals surface area contributed by atoms with Crippen molar-refractivity contribution in [3.05, 3.63) is 52.3 Å². The van der Waals surface area contributed by atoms with E-state index < -0.39 is 0 Å². The number of aryl methyl sites for hydroxylation is 1. The van der Waals surface area contributed by atoms with Crippen LogP contribution in [0.25, 0.3) is 0 Å². The van der Waals surface area contributed by atoms with Gasteiger partial charge in [0.2, 0.25) is 0 Å². The molecule has 104 valence electrons. The van der Waals surface area contributed by atoms with Gasteiger partial charge in [0, 0.05) is 12.2 Å². The van der Waals surface area contributed by atoms with Gasteiger partial charge in [0.05, 0.1) is 17.4 Å². The third-order valence-corrected chi connectivity index (χ3v) is 3.64. The SMILES string of the molecule is CCNc1ccccc1C(=O)Nc1cnc(Br)c(C)c1. The van der Waals surface area contributed by atoms with E-state index in [4.69, 9.17) is 0 Å². The van der Waals surface area contributed by atoms with Crippen LogP contribution in [0.5, 0.6) is 0 Å². The van der Waals surface area contributed by atoms with Crippen LogP contribution in [0.2, 0.25) is 0 Å². The number of hydrogen-bond donors (Lipinski definition) is 2. The first-order valence-electron chi connectivity index (χ1n) is 6.38. The Morgan fingerprint density at radius 2 is 2.10 bits per heavy atom. The van der Waals surface area contributed by atoms with Crippen molar-refractivity contribution in [3.63, 3.8) is 0 Å². The maximum Gasteiger partial charge on any atom is 0.257 e. The molecule has 1 aromatic carbocycles. The molecule has 5 heteroatoms. The first kappa shape index (κ1) is 14.5. The van der Waals surface area contributed by atoms with Gasteiger partial charge in [0.1, 0.15) is 4.60 Å². The van der Waals surface area contributed by atoms with E-state index in [0.717, 1.165) is 22.4 Å². The van der Waals surface area contributed by atoms with Crippen molar-refractivity contribution in [2.75, 3.05) is 17.2 Å². The van der Waals surface area contributed by atoms with E-state index in [-0.39, 0.29) is 5.91 Å². The van der Waals surface area contributed by atoms with E-state index in [1.807, 2.05) is 38.1 Å². The van der Waals surface area contributed by atoms with E-state index in [1.165, 1.54) is 0 Å². The van der Waals surface area contributed by atoms with Crippen LogP contribution in [-0.2, 0) is 0 Å². The molecule has 1 heterocycles. The van der Waals surface area contributed by atoms with Crippen LogP contribution in [0, 0.1) is 6.92 Å². The number of benzene rings is 1. The van der Waals surface area contributed by atoms with Crippen LogP contribution in [0.3, 0.4) is 0 Å². The van der Waals surface area contributed by atoms with Crippen LogP contribution >= 0.6 is 15.9 Å². The van der Waals surface area contributed by atoms with Crippen molar-refractivity contribution in [2.45, 2.75) is 13.8 Å². The van der Waals surface area contributed by atoms with E-state index in [9.17, 15) is 4.79 Å². The van der Waals surface area contributed by atoms with E-state index in [1.54, 1.807) is 12.3 Å². The van der Waals surface area contributed by atoms with Gasteiger partial charge < -0.3 is 10.6 Å². The van der Waals surface area contributed by atoms with Crippen LogP contribution in [0.1, 0.15) is 22.8 Å². The molecule has 2 aromatic rings. The Bertz CT molecular complexity index is 628. The number of amides is 1. The van der Waals surface area contributed by atoms with Crippen molar-refractivity contribution in [3.8, 4) is 0 Å². The summed E-state index contributed by atoms with van der Waals surface area (Å²) in [6, 6.07) is 9.32. The van der Waals surface area contributed by atoms with Crippen LogP contribution in [0.15, 0.2) is 41.1 Å². The molecule has 0 unspecified atom stereocenters. The number of rotatable bonds is 4. The second kappa shape index (κ2) is 6.52. The highest BCUT2D eigenvalue weighted by Crippen LogP contribution is 2.19. The number of carbonyl (C=O) groups excluding carboxylic acids is 1. The Morgan fingerprint density at radius 1 is 1.35 bits per heavy atom. The molecule has 4 nitrogen and oxygen atoms in total. The predicted octanol–water partition coefficient (Wildman–Crippen LogP) is 3.84. The molecule has 0 bridgehead atoms. The first-order valence-corrected chi connectivity index (χ1v) is 7.17. The summed E-state index contributed by atoms with van der Waals surface area (Å²) in [5.74, 6) is -0.148. The van der Waals surface area contributed by atoms with Crippen molar-refractivity contribution in [2.24, 2.45) is 0 Å². The average Bonchev–Trinajstić information content (AvgIpc) is 2.44. The molecule has 0 radical (unpaired) electrons. The van der Waals surface area contributed by atoms with Gasteiger partial charge in [-0.05, 0) is 53.5 Å². The van der Waals surface area contributed by atoms with Gasteiger partial charge in [-0.2, -0.15) is 0 Å². The minimum Gasteiger partial charge on any atom is -0.385 e. The first-order chi connectivity index (χ1) is 9.61. The number of carbonyl (C=O) groups is 1. The summed E-state index contributed by atoms with van der Waals surface area (Å²) in [7, 11) is 0. The van der Waals surface area contributed by atoms with Gasteiger partial charge in [0.15, 0.2) is 0 Å². The van der Waals surface area contributed by atoms with Gasteiger partial charge in [-0.3, -0.25) is 4.79 Å². The summed E-state index contributed by atoms with van der Waals surface area (Å²) >= 11 is 3.34. The summed E-state index contributed by atoms with van der Waals surface area (Å²) in [5.41, 5.74) is 3.11. The molecule has 0 aliphatic heterocycles. The number of anilines is 2. The van der Waals surface area contributed by atoms with Gasteiger partial charge in [-0.15, -0.1) is 0 Å². The number of pyridine rings is 1. The van der Waals surface area contributed by atoms with E-state index in [2.05, 4.69) is 31.5 Å². The fourth-order valence-electron chi connectivity index (χ4n) is 1.85. The number of para-hydroxylation sites is 1. The molecule has 2 rings (SSSR count). The topological polar surface area (TPSA) is 54.0 Å². The van der Waals surface area contributed by atoms with Crippen molar-refractivity contribution in [1.82, 2.24) is 4.98 Å². The Hall–Kier alpha value is -1.88. The highest BCUT2D eigenvalue weighted by atomic mass is 79.9. The summed E-state index contributed by atoms with van der Waals surface area (Å²) in [6.45, 7) is 4.69. The molecule has 0 atom stereocenters.